The molecule has 1 rings (SSSR count). The minimum atomic E-state index is -0.306. The summed E-state index contributed by atoms with van der Waals surface area (Å²) in [6.07, 6.45) is 2.23. The zero-order valence-electron chi connectivity index (χ0n) is 10.3. The minimum absolute atomic E-state index is 0.0501. The molecule has 1 heterocycles. The molecule has 1 aliphatic rings. The molecule has 4 heteroatoms. The molecule has 0 bridgehead atoms. The monoisotopic (exact) mass is 227 g/mol. The second kappa shape index (κ2) is 5.99. The lowest BCUT2D eigenvalue weighted by molar-refractivity contribution is -0.149. The number of carbonyl (C=O) groups excluding carboxylic acids is 2. The third-order valence-electron chi connectivity index (χ3n) is 3.18. The van der Waals surface area contributed by atoms with Gasteiger partial charge in [0.25, 0.3) is 0 Å². The van der Waals surface area contributed by atoms with E-state index < -0.39 is 0 Å². The maximum absolute atomic E-state index is 11.9. The highest BCUT2D eigenvalue weighted by Gasteiger charge is 2.30. The van der Waals surface area contributed by atoms with Gasteiger partial charge < -0.3 is 10.1 Å². The van der Waals surface area contributed by atoms with E-state index in [4.69, 9.17) is 4.74 Å². The first-order valence-electron chi connectivity index (χ1n) is 5.90. The molecule has 0 radical (unpaired) electrons. The molecule has 1 saturated heterocycles. The maximum Gasteiger partial charge on any atom is 0.309 e. The normalized spacial score (nSPS) is 22.1. The first-order chi connectivity index (χ1) is 7.56. The van der Waals surface area contributed by atoms with Gasteiger partial charge in [-0.1, -0.05) is 13.8 Å². The average Bonchev–Trinajstić information content (AvgIpc) is 2.77. The van der Waals surface area contributed by atoms with E-state index in [2.05, 4.69) is 5.32 Å². The first-order valence-corrected chi connectivity index (χ1v) is 5.90. The number of rotatable bonds is 5. The number of methoxy groups -OCH3 is 1. The number of esters is 1. The number of nitrogens with one attached hydrogen (secondary N) is 1. The summed E-state index contributed by atoms with van der Waals surface area (Å²) in [6, 6.07) is -0.0501. The summed E-state index contributed by atoms with van der Waals surface area (Å²) < 4.78 is 4.73. The second-order valence-electron chi connectivity index (χ2n) is 4.69. The van der Waals surface area contributed by atoms with Gasteiger partial charge in [-0.05, 0) is 25.3 Å². The largest absolute Gasteiger partial charge is 0.469 e. The van der Waals surface area contributed by atoms with Crippen LogP contribution in [0.1, 0.15) is 33.1 Å². The van der Waals surface area contributed by atoms with Crippen molar-refractivity contribution >= 4 is 11.8 Å². The number of ether oxygens (including phenoxy) is 1. The predicted octanol–water partition coefficient (Wildman–Crippen LogP) is 1.14. The van der Waals surface area contributed by atoms with Gasteiger partial charge in [-0.2, -0.15) is 0 Å². The van der Waals surface area contributed by atoms with Crippen molar-refractivity contribution in [2.75, 3.05) is 13.7 Å². The fourth-order valence-electron chi connectivity index (χ4n) is 2.06. The Morgan fingerprint density at radius 1 is 1.44 bits per heavy atom. The van der Waals surface area contributed by atoms with Gasteiger partial charge in [-0.3, -0.25) is 9.59 Å². The topological polar surface area (TPSA) is 55.4 Å². The van der Waals surface area contributed by atoms with Crippen molar-refractivity contribution in [1.29, 1.82) is 0 Å². The molecule has 2 atom stereocenters. The number of carbonyl (C=O) groups is 2. The molecule has 0 saturated carbocycles. The van der Waals surface area contributed by atoms with Crippen molar-refractivity contribution in [3.63, 3.8) is 0 Å². The van der Waals surface area contributed by atoms with Crippen LogP contribution in [0.4, 0.5) is 0 Å². The van der Waals surface area contributed by atoms with Gasteiger partial charge in [-0.15, -0.1) is 0 Å². The van der Waals surface area contributed by atoms with E-state index in [9.17, 15) is 9.59 Å². The van der Waals surface area contributed by atoms with Crippen LogP contribution in [0.2, 0.25) is 0 Å². The highest BCUT2D eigenvalue weighted by Crippen LogP contribution is 2.20. The van der Waals surface area contributed by atoms with Gasteiger partial charge >= 0.3 is 5.97 Å². The molecule has 0 spiro atoms. The zero-order chi connectivity index (χ0) is 12.1. The third-order valence-corrected chi connectivity index (χ3v) is 3.18. The molecule has 0 unspecified atom stereocenters. The lowest BCUT2D eigenvalue weighted by Gasteiger charge is -2.19. The van der Waals surface area contributed by atoms with Crippen molar-refractivity contribution in [3.8, 4) is 0 Å². The number of hydrogen-bond donors (Lipinski definition) is 1. The summed E-state index contributed by atoms with van der Waals surface area (Å²) in [5.74, 6) is -0.305. The number of ketones is 1. The summed E-state index contributed by atoms with van der Waals surface area (Å²) >= 11 is 0. The quantitative estimate of drug-likeness (QED) is 0.716. The van der Waals surface area contributed by atoms with Gasteiger partial charge in [0.15, 0.2) is 5.78 Å². The minimum Gasteiger partial charge on any atom is -0.469 e. The molecular weight excluding hydrogens is 206 g/mol. The van der Waals surface area contributed by atoms with Crippen LogP contribution >= 0.6 is 0 Å². The van der Waals surface area contributed by atoms with Crippen molar-refractivity contribution < 1.29 is 14.3 Å². The summed E-state index contributed by atoms with van der Waals surface area (Å²) in [5, 5.41) is 3.16. The van der Waals surface area contributed by atoms with Crippen molar-refractivity contribution in [1.82, 2.24) is 5.32 Å². The molecular formula is C12H21NO3. The Morgan fingerprint density at radius 3 is 2.56 bits per heavy atom. The van der Waals surface area contributed by atoms with Gasteiger partial charge in [0.05, 0.1) is 19.1 Å². The molecule has 0 aromatic rings. The van der Waals surface area contributed by atoms with Crippen molar-refractivity contribution in [2.24, 2.45) is 11.8 Å². The summed E-state index contributed by atoms with van der Waals surface area (Å²) in [5.41, 5.74) is 0. The van der Waals surface area contributed by atoms with Crippen molar-refractivity contribution in [2.45, 2.75) is 39.2 Å². The van der Waals surface area contributed by atoms with Crippen LogP contribution in [0.15, 0.2) is 0 Å². The Morgan fingerprint density at radius 2 is 2.12 bits per heavy atom. The lowest BCUT2D eigenvalue weighted by Crippen LogP contribution is -2.35. The van der Waals surface area contributed by atoms with E-state index >= 15 is 0 Å². The van der Waals surface area contributed by atoms with Gasteiger partial charge in [0, 0.05) is 6.42 Å². The van der Waals surface area contributed by atoms with Gasteiger partial charge in [0.1, 0.15) is 0 Å². The summed E-state index contributed by atoms with van der Waals surface area (Å²) in [6.45, 7) is 4.79. The van der Waals surface area contributed by atoms with E-state index in [1.165, 1.54) is 7.11 Å². The average molecular weight is 227 g/mol. The van der Waals surface area contributed by atoms with Crippen LogP contribution in [-0.2, 0) is 14.3 Å². The Bertz CT molecular complexity index is 257. The Kier molecular flexibility index (Phi) is 4.93. The molecule has 92 valence electrons. The second-order valence-corrected chi connectivity index (χ2v) is 4.69. The molecule has 1 N–H and O–H groups in total. The van der Waals surface area contributed by atoms with Gasteiger partial charge in [0.2, 0.25) is 0 Å². The number of Topliss-reactive ketones (excluding diaryl/α,β-unsaturated/α-hetero) is 1. The van der Waals surface area contributed by atoms with E-state index in [-0.39, 0.29) is 29.6 Å². The fraction of sp³-hybridized carbons (Fsp3) is 0.833. The molecule has 0 amide bonds. The van der Waals surface area contributed by atoms with E-state index in [1.807, 2.05) is 13.8 Å². The van der Waals surface area contributed by atoms with E-state index in [1.54, 1.807) is 0 Å². The van der Waals surface area contributed by atoms with Crippen LogP contribution in [0.25, 0.3) is 0 Å². The Balaban J connectivity index is 2.53. The highest BCUT2D eigenvalue weighted by molar-refractivity contribution is 5.88. The van der Waals surface area contributed by atoms with Crippen molar-refractivity contribution in [3.05, 3.63) is 0 Å². The lowest BCUT2D eigenvalue weighted by atomic mass is 9.89. The molecule has 0 aromatic heterocycles. The SMILES string of the molecule is COC(=O)[C@H](CC(=O)[C@@H]1CCCN1)C(C)C. The molecule has 0 aromatic carbocycles. The van der Waals surface area contributed by atoms with E-state index in [0.29, 0.717) is 6.42 Å². The molecule has 1 aliphatic heterocycles. The van der Waals surface area contributed by atoms with Crippen LogP contribution in [0, 0.1) is 11.8 Å². The Labute approximate surface area is 96.7 Å². The fourth-order valence-corrected chi connectivity index (χ4v) is 2.06. The van der Waals surface area contributed by atoms with Crippen LogP contribution in [0.5, 0.6) is 0 Å². The number of hydrogen-bond acceptors (Lipinski definition) is 4. The molecule has 0 aliphatic carbocycles. The molecule has 1 fully saturated rings. The zero-order valence-corrected chi connectivity index (χ0v) is 10.3. The first kappa shape index (κ1) is 13.2. The predicted molar refractivity (Wildman–Crippen MR) is 61.0 cm³/mol. The molecule has 4 nitrogen and oxygen atoms in total. The highest BCUT2D eigenvalue weighted by atomic mass is 16.5. The van der Waals surface area contributed by atoms with Gasteiger partial charge in [-0.25, -0.2) is 0 Å². The van der Waals surface area contributed by atoms with E-state index in [0.717, 1.165) is 19.4 Å². The summed E-state index contributed by atoms with van der Waals surface area (Å²) in [4.78, 5) is 23.4. The third kappa shape index (κ3) is 3.30. The van der Waals surface area contributed by atoms with Crippen LogP contribution in [-0.4, -0.2) is 31.4 Å². The van der Waals surface area contributed by atoms with Crippen LogP contribution < -0.4 is 5.32 Å². The maximum atomic E-state index is 11.9. The standard InChI is InChI=1S/C12H21NO3/c1-8(2)9(12(15)16-3)7-11(14)10-5-4-6-13-10/h8-10,13H,4-7H2,1-3H3/t9-,10+/m1/s1. The Hall–Kier alpha value is -0.900. The molecule has 16 heavy (non-hydrogen) atoms. The summed E-state index contributed by atoms with van der Waals surface area (Å²) in [7, 11) is 1.37. The smallest absolute Gasteiger partial charge is 0.309 e. The van der Waals surface area contributed by atoms with Crippen LogP contribution in [0.3, 0.4) is 0 Å².